The highest BCUT2D eigenvalue weighted by molar-refractivity contribution is 6.31. The van der Waals surface area contributed by atoms with Crippen molar-refractivity contribution in [3.05, 3.63) is 51.9 Å². The van der Waals surface area contributed by atoms with Gasteiger partial charge in [-0.1, -0.05) is 18.5 Å². The van der Waals surface area contributed by atoms with E-state index in [1.54, 1.807) is 12.4 Å². The number of nitrogens with two attached hydrogens (primary N) is 1. The maximum absolute atomic E-state index is 15.3. The minimum atomic E-state index is -0.814. The molecule has 0 spiro atoms. The van der Waals surface area contributed by atoms with Crippen molar-refractivity contribution >= 4 is 28.8 Å². The number of benzene rings is 1. The van der Waals surface area contributed by atoms with Gasteiger partial charge in [-0.05, 0) is 33.3 Å². The molecule has 3 aromatic rings. The first-order chi connectivity index (χ1) is 16.2. The van der Waals surface area contributed by atoms with Gasteiger partial charge in [0, 0.05) is 42.9 Å². The Morgan fingerprint density at radius 2 is 2.21 bits per heavy atom. The number of fused-ring (bicyclic) bond motifs is 1. The number of nitrogen functional groups attached to an aromatic ring is 1. The van der Waals surface area contributed by atoms with Crippen molar-refractivity contribution in [2.45, 2.75) is 46.1 Å². The molecular formula is C24H29ClFN5O3. The number of carbonyl (C=O) groups is 1. The van der Waals surface area contributed by atoms with Crippen LogP contribution in [0.3, 0.4) is 0 Å². The van der Waals surface area contributed by atoms with Crippen LogP contribution in [0.4, 0.5) is 10.2 Å². The van der Waals surface area contributed by atoms with Crippen LogP contribution >= 0.6 is 11.6 Å². The molecule has 1 aliphatic rings. The fourth-order valence-electron chi connectivity index (χ4n) is 4.30. The molecule has 4 rings (SSSR count). The molecule has 182 valence electrons. The van der Waals surface area contributed by atoms with E-state index < -0.39 is 17.6 Å². The zero-order valence-corrected chi connectivity index (χ0v) is 20.4. The number of nitrogens with one attached hydrogen (secondary N) is 1. The smallest absolute Gasteiger partial charge is 0.258 e. The summed E-state index contributed by atoms with van der Waals surface area (Å²) >= 11 is 6.29. The van der Waals surface area contributed by atoms with Crippen LogP contribution in [0.25, 0.3) is 5.52 Å². The number of aromatic nitrogens is 3. The van der Waals surface area contributed by atoms with E-state index in [1.807, 2.05) is 32.1 Å². The second-order valence-corrected chi connectivity index (χ2v) is 9.29. The lowest BCUT2D eigenvalue weighted by Crippen LogP contribution is -2.31. The summed E-state index contributed by atoms with van der Waals surface area (Å²) in [6.45, 7) is 9.00. The van der Waals surface area contributed by atoms with Gasteiger partial charge >= 0.3 is 0 Å². The SMILES string of the molecule is Cc1nc(C(C)c2cc(Cl)c(F)c(C(=O)NCC3CCOC3)c2OC(C)C)n2ccnc(N)c12. The second kappa shape index (κ2) is 9.76. The minimum absolute atomic E-state index is 0.154. The number of rotatable bonds is 7. The predicted octanol–water partition coefficient (Wildman–Crippen LogP) is 4.12. The van der Waals surface area contributed by atoms with Crippen LogP contribution in [0.2, 0.25) is 5.02 Å². The average Bonchev–Trinajstić information content (AvgIpc) is 3.42. The zero-order chi connectivity index (χ0) is 24.6. The monoisotopic (exact) mass is 489 g/mol. The molecule has 8 nitrogen and oxygen atoms in total. The number of nitrogens with zero attached hydrogens (tertiary/aromatic N) is 3. The largest absolute Gasteiger partial charge is 0.490 e. The van der Waals surface area contributed by atoms with Crippen molar-refractivity contribution in [3.8, 4) is 5.75 Å². The summed E-state index contributed by atoms with van der Waals surface area (Å²) in [5.74, 6) is -0.437. The Morgan fingerprint density at radius 3 is 2.88 bits per heavy atom. The summed E-state index contributed by atoms with van der Waals surface area (Å²) in [6, 6.07) is 1.50. The third-order valence-corrected chi connectivity index (χ3v) is 6.27. The Hall–Kier alpha value is -2.91. The molecule has 0 radical (unpaired) electrons. The number of hydrogen-bond acceptors (Lipinski definition) is 6. The van der Waals surface area contributed by atoms with Gasteiger partial charge in [0.15, 0.2) is 5.82 Å². The van der Waals surface area contributed by atoms with E-state index in [0.717, 1.165) is 6.42 Å². The fourth-order valence-corrected chi connectivity index (χ4v) is 4.51. The van der Waals surface area contributed by atoms with Crippen LogP contribution in [0, 0.1) is 18.7 Å². The average molecular weight is 490 g/mol. The number of anilines is 1. The van der Waals surface area contributed by atoms with E-state index >= 15 is 4.39 Å². The lowest BCUT2D eigenvalue weighted by molar-refractivity contribution is 0.0934. The maximum Gasteiger partial charge on any atom is 0.258 e. The Morgan fingerprint density at radius 1 is 1.44 bits per heavy atom. The van der Waals surface area contributed by atoms with E-state index in [1.165, 1.54) is 6.07 Å². The normalized spacial score (nSPS) is 16.9. The zero-order valence-electron chi connectivity index (χ0n) is 19.7. The standard InChI is InChI=1S/C24H29ClFN5O3/c1-12(2)34-21-16(13(3)23-30-14(4)20-22(27)28-6-7-31(20)23)9-17(25)19(26)18(21)24(32)29-10-15-5-8-33-11-15/h6-7,9,12-13,15H,5,8,10-11H2,1-4H3,(H2,27,28)(H,29,32). The molecule has 3 heterocycles. The number of amides is 1. The molecule has 1 aromatic carbocycles. The maximum atomic E-state index is 15.3. The summed E-state index contributed by atoms with van der Waals surface area (Å²) in [7, 11) is 0. The highest BCUT2D eigenvalue weighted by Gasteiger charge is 2.30. The lowest BCUT2D eigenvalue weighted by Gasteiger charge is -2.23. The first kappa shape index (κ1) is 24.2. The van der Waals surface area contributed by atoms with E-state index in [-0.39, 0.29) is 28.4 Å². The summed E-state index contributed by atoms with van der Waals surface area (Å²) in [4.78, 5) is 22.0. The summed E-state index contributed by atoms with van der Waals surface area (Å²) < 4.78 is 28.5. The molecule has 2 unspecified atom stereocenters. The number of carbonyl (C=O) groups excluding carboxylic acids is 1. The van der Waals surface area contributed by atoms with Crippen LogP contribution in [-0.4, -0.2) is 46.1 Å². The van der Waals surface area contributed by atoms with Crippen molar-refractivity contribution in [3.63, 3.8) is 0 Å². The fraction of sp³-hybridized carbons (Fsp3) is 0.458. The molecule has 34 heavy (non-hydrogen) atoms. The van der Waals surface area contributed by atoms with Crippen LogP contribution < -0.4 is 15.8 Å². The molecule has 2 atom stereocenters. The Kier molecular flexibility index (Phi) is 6.95. The first-order valence-corrected chi connectivity index (χ1v) is 11.7. The topological polar surface area (TPSA) is 104 Å². The summed E-state index contributed by atoms with van der Waals surface area (Å²) in [5.41, 5.74) is 7.82. The van der Waals surface area contributed by atoms with E-state index in [2.05, 4.69) is 10.3 Å². The predicted molar refractivity (Wildman–Crippen MR) is 128 cm³/mol. The quantitative estimate of drug-likeness (QED) is 0.517. The molecule has 0 bridgehead atoms. The number of halogens is 2. The van der Waals surface area contributed by atoms with Crippen LogP contribution in [-0.2, 0) is 4.74 Å². The van der Waals surface area contributed by atoms with Gasteiger partial charge < -0.3 is 20.5 Å². The summed E-state index contributed by atoms with van der Waals surface area (Å²) in [6.07, 6.45) is 3.90. The molecule has 0 aliphatic carbocycles. The molecule has 1 aliphatic heterocycles. The van der Waals surface area contributed by atoms with Crippen molar-refractivity contribution in [1.29, 1.82) is 0 Å². The molecule has 1 amide bonds. The molecule has 1 saturated heterocycles. The first-order valence-electron chi connectivity index (χ1n) is 11.3. The van der Waals surface area contributed by atoms with Gasteiger partial charge in [0.1, 0.15) is 28.5 Å². The third kappa shape index (κ3) is 4.54. The molecule has 10 heteroatoms. The van der Waals surface area contributed by atoms with Crippen molar-refractivity contribution in [2.24, 2.45) is 5.92 Å². The van der Waals surface area contributed by atoms with Crippen LogP contribution in [0.5, 0.6) is 5.75 Å². The Labute approximate surface area is 202 Å². The van der Waals surface area contributed by atoms with E-state index in [0.29, 0.717) is 48.2 Å². The molecule has 0 saturated carbocycles. The Balaban J connectivity index is 1.81. The number of aryl methyl sites for hydroxylation is 1. The van der Waals surface area contributed by atoms with E-state index in [4.69, 9.17) is 31.8 Å². The van der Waals surface area contributed by atoms with Crippen LogP contribution in [0.15, 0.2) is 18.5 Å². The van der Waals surface area contributed by atoms with Gasteiger partial charge in [-0.3, -0.25) is 9.20 Å². The van der Waals surface area contributed by atoms with Gasteiger partial charge in [-0.2, -0.15) is 0 Å². The second-order valence-electron chi connectivity index (χ2n) is 8.88. The van der Waals surface area contributed by atoms with Crippen molar-refractivity contribution < 1.29 is 18.7 Å². The molecule has 3 N–H and O–H groups in total. The van der Waals surface area contributed by atoms with Gasteiger partial charge in [-0.25, -0.2) is 14.4 Å². The van der Waals surface area contributed by atoms with Gasteiger partial charge in [0.25, 0.3) is 5.91 Å². The van der Waals surface area contributed by atoms with Gasteiger partial charge in [0.05, 0.1) is 23.4 Å². The third-order valence-electron chi connectivity index (χ3n) is 6.00. The lowest BCUT2D eigenvalue weighted by atomic mass is 9.95. The summed E-state index contributed by atoms with van der Waals surface area (Å²) in [5, 5.41) is 2.67. The van der Waals surface area contributed by atoms with E-state index in [9.17, 15) is 4.79 Å². The van der Waals surface area contributed by atoms with Crippen LogP contribution in [0.1, 0.15) is 60.5 Å². The number of hydrogen-bond donors (Lipinski definition) is 2. The number of ether oxygens (including phenoxy) is 2. The molecular weight excluding hydrogens is 461 g/mol. The minimum Gasteiger partial charge on any atom is -0.490 e. The highest BCUT2D eigenvalue weighted by atomic mass is 35.5. The van der Waals surface area contributed by atoms with Gasteiger partial charge in [-0.15, -0.1) is 0 Å². The molecule has 2 aromatic heterocycles. The molecule has 1 fully saturated rings. The van der Waals surface area contributed by atoms with Gasteiger partial charge in [0.2, 0.25) is 0 Å². The number of imidazole rings is 1. The van der Waals surface area contributed by atoms with Crippen molar-refractivity contribution in [2.75, 3.05) is 25.5 Å². The highest BCUT2D eigenvalue weighted by Crippen LogP contribution is 2.40. The Bertz CT molecular complexity index is 1220. The van der Waals surface area contributed by atoms with Crippen molar-refractivity contribution in [1.82, 2.24) is 19.7 Å².